The van der Waals surface area contributed by atoms with Crippen LogP contribution in [0.25, 0.3) is 0 Å². The zero-order valence-electron chi connectivity index (χ0n) is 49.6. The van der Waals surface area contributed by atoms with Crippen molar-refractivity contribution < 1.29 is 83.8 Å². The summed E-state index contributed by atoms with van der Waals surface area (Å²) in [6.45, 7) is 0.933. The summed E-state index contributed by atoms with van der Waals surface area (Å²) in [4.78, 5) is 26.0. The van der Waals surface area contributed by atoms with Gasteiger partial charge in [-0.1, -0.05) is 226 Å². The molecule has 1 aliphatic rings. The van der Waals surface area contributed by atoms with Crippen LogP contribution in [-0.4, -0.2) is 81.5 Å². The molecule has 0 spiro atoms. The van der Waals surface area contributed by atoms with Crippen LogP contribution in [0.5, 0.6) is 0 Å². The van der Waals surface area contributed by atoms with Gasteiger partial charge in [-0.15, -0.1) is 0 Å². The number of benzene rings is 7. The van der Waals surface area contributed by atoms with Crippen LogP contribution in [0.1, 0.15) is 78.5 Å². The summed E-state index contributed by atoms with van der Waals surface area (Å²) in [5.41, 5.74) is 5.04. The van der Waals surface area contributed by atoms with Crippen molar-refractivity contribution in [1.82, 2.24) is 0 Å². The lowest BCUT2D eigenvalue weighted by Gasteiger charge is -2.49. The fraction of sp³-hybridized carbons (Fsp3) is 0.353. The molecule has 7 aromatic rings. The van der Waals surface area contributed by atoms with E-state index in [4.69, 9.17) is 65.0 Å². The van der Waals surface area contributed by atoms with Crippen LogP contribution >= 0.6 is 15.6 Å². The molecule has 0 heterocycles. The molecule has 1 saturated carbocycles. The number of carbonyl (C=O) groups excluding carboxylic acids is 2. The number of phosphoric acid groups is 2. The number of phosphoric ester groups is 2. The van der Waals surface area contributed by atoms with Crippen molar-refractivity contribution in [2.24, 2.45) is 0 Å². The van der Waals surface area contributed by atoms with E-state index in [0.717, 1.165) is 22.3 Å². The van der Waals surface area contributed by atoms with Gasteiger partial charge in [0.25, 0.3) is 0 Å². The molecule has 18 nitrogen and oxygen atoms in total. The Morgan fingerprint density at radius 1 is 0.352 bits per heavy atom. The first kappa shape index (κ1) is 67.4. The van der Waals surface area contributed by atoms with Gasteiger partial charge in [0.1, 0.15) is 56.8 Å². The topological polar surface area (TPSA) is 197 Å². The number of rotatable bonds is 39. The van der Waals surface area contributed by atoms with Gasteiger partial charge in [0.05, 0.1) is 52.9 Å². The molecule has 8 rings (SSSR count). The number of hydrogen-bond acceptors (Lipinski definition) is 18. The van der Waals surface area contributed by atoms with Crippen LogP contribution in [0, 0.1) is 0 Å². The van der Waals surface area contributed by atoms with E-state index in [-0.39, 0.29) is 59.1 Å². The molecule has 1 aliphatic carbocycles. The van der Waals surface area contributed by atoms with Gasteiger partial charge in [-0.3, -0.25) is 36.7 Å². The molecule has 0 saturated heterocycles. The van der Waals surface area contributed by atoms with Gasteiger partial charge in [-0.05, 0) is 51.8 Å². The number of hydrogen-bond donors (Lipinski definition) is 0. The van der Waals surface area contributed by atoms with E-state index in [9.17, 15) is 9.59 Å². The smallest absolute Gasteiger partial charge is 0.462 e. The molecule has 8 atom stereocenters. The Hall–Kier alpha value is -6.54. The van der Waals surface area contributed by atoms with E-state index in [1.165, 1.54) is 0 Å². The van der Waals surface area contributed by atoms with Crippen molar-refractivity contribution >= 4 is 27.6 Å². The van der Waals surface area contributed by atoms with Gasteiger partial charge in [0, 0.05) is 12.8 Å². The van der Waals surface area contributed by atoms with Crippen molar-refractivity contribution in [3.8, 4) is 0 Å². The molecule has 0 N–H and O–H groups in total. The maximum Gasteiger partial charge on any atom is 0.475 e. The summed E-state index contributed by atoms with van der Waals surface area (Å²) < 4.78 is 123. The van der Waals surface area contributed by atoms with Gasteiger partial charge < -0.3 is 37.9 Å². The third-order valence-corrected chi connectivity index (χ3v) is 16.5. The molecule has 0 radical (unpaired) electrons. The van der Waals surface area contributed by atoms with Gasteiger partial charge in [0.2, 0.25) is 0 Å². The standard InChI is InChI=1S/C68H78O18P2/c1-3-26-61(69)75-49-60(84-62(70)27-4-2)50-83-88(72,82-48-59-40-24-11-25-41-59)86-68-65(78-51-73-42-53-28-12-5-13-29-53)63(76-44-55-32-16-7-17-33-55)64(77-45-56-34-18-8-19-35-56)67(66(68)79-52-74-43-54-30-14-6-15-31-54)85-87(71,80-46-57-36-20-9-21-37-57)81-47-58-38-22-10-23-39-58/h5-25,28-41,60,63-68H,3-4,26-27,42-52H2,1-2H3/t60-,63-,64-,65+,66+,67+,68-,88?/m0/s1. The second-order valence-corrected chi connectivity index (χ2v) is 23.8. The maximum atomic E-state index is 16.2. The molecule has 7 aromatic carbocycles. The van der Waals surface area contributed by atoms with Crippen molar-refractivity contribution in [3.63, 3.8) is 0 Å². The molecule has 468 valence electrons. The highest BCUT2D eigenvalue weighted by Gasteiger charge is 2.59. The minimum absolute atomic E-state index is 0.0319. The molecule has 0 aromatic heterocycles. The average molecular weight is 1250 g/mol. The van der Waals surface area contributed by atoms with Gasteiger partial charge in [-0.25, -0.2) is 9.13 Å². The Bertz CT molecular complexity index is 3110. The Morgan fingerprint density at radius 3 is 1.01 bits per heavy atom. The first-order valence-electron chi connectivity index (χ1n) is 29.5. The predicted octanol–water partition coefficient (Wildman–Crippen LogP) is 14.0. The summed E-state index contributed by atoms with van der Waals surface area (Å²) in [5, 5.41) is 0. The Balaban J connectivity index is 1.28. The van der Waals surface area contributed by atoms with Crippen LogP contribution < -0.4 is 0 Å². The zero-order valence-corrected chi connectivity index (χ0v) is 51.4. The normalized spacial score (nSPS) is 18.7. The number of esters is 2. The van der Waals surface area contributed by atoms with E-state index >= 15 is 9.13 Å². The molecule has 0 amide bonds. The zero-order chi connectivity index (χ0) is 61.5. The molecular weight excluding hydrogens is 1170 g/mol. The van der Waals surface area contributed by atoms with Crippen LogP contribution in [-0.2, 0) is 130 Å². The summed E-state index contributed by atoms with van der Waals surface area (Å²) in [6.07, 6.45) is -9.25. The maximum absolute atomic E-state index is 16.2. The van der Waals surface area contributed by atoms with E-state index in [2.05, 4.69) is 0 Å². The van der Waals surface area contributed by atoms with Crippen molar-refractivity contribution in [2.75, 3.05) is 26.8 Å². The van der Waals surface area contributed by atoms with Gasteiger partial charge in [-0.2, -0.15) is 0 Å². The van der Waals surface area contributed by atoms with Crippen LogP contribution in [0.2, 0.25) is 0 Å². The minimum Gasteiger partial charge on any atom is -0.462 e. The third-order valence-electron chi connectivity index (χ3n) is 13.7. The fourth-order valence-corrected chi connectivity index (χ4v) is 12.0. The van der Waals surface area contributed by atoms with Crippen LogP contribution in [0.4, 0.5) is 0 Å². The SMILES string of the molecule is CCCC(=O)OC[C@@H](COP(=O)(OCc1ccccc1)O[C@@H]1[C@H](OCOCc2ccccc2)[C@H](OP(=O)(OCc2ccccc2)OCc2ccccc2)[C@@H](OCc2ccccc2)[C@H](OCc2ccccc2)[C@H]1OCOCc1ccccc1)OC(=O)CCC. The highest BCUT2D eigenvalue weighted by atomic mass is 31.2. The minimum atomic E-state index is -5.10. The highest BCUT2D eigenvalue weighted by Crippen LogP contribution is 2.57. The second kappa shape index (κ2) is 36.8. The average Bonchev–Trinajstić information content (AvgIpc) is 1.01. The van der Waals surface area contributed by atoms with E-state index in [1.54, 1.807) is 48.5 Å². The first-order chi connectivity index (χ1) is 43.1. The monoisotopic (exact) mass is 1240 g/mol. The highest BCUT2D eigenvalue weighted by molar-refractivity contribution is 7.48. The van der Waals surface area contributed by atoms with Crippen molar-refractivity contribution in [3.05, 3.63) is 251 Å². The quantitative estimate of drug-likeness (QED) is 0.0152. The summed E-state index contributed by atoms with van der Waals surface area (Å²) in [6, 6.07) is 64.7. The summed E-state index contributed by atoms with van der Waals surface area (Å²) >= 11 is 0. The lowest BCUT2D eigenvalue weighted by molar-refractivity contribution is -0.286. The molecule has 0 bridgehead atoms. The molecule has 20 heteroatoms. The predicted molar refractivity (Wildman–Crippen MR) is 327 cm³/mol. The van der Waals surface area contributed by atoms with E-state index in [0.29, 0.717) is 29.5 Å². The first-order valence-corrected chi connectivity index (χ1v) is 32.4. The third kappa shape index (κ3) is 22.8. The Morgan fingerprint density at radius 2 is 0.648 bits per heavy atom. The van der Waals surface area contributed by atoms with E-state index in [1.807, 2.05) is 178 Å². The van der Waals surface area contributed by atoms with Gasteiger partial charge >= 0.3 is 27.6 Å². The number of carbonyl (C=O) groups is 2. The lowest BCUT2D eigenvalue weighted by atomic mass is 9.84. The number of ether oxygens (including phenoxy) is 8. The van der Waals surface area contributed by atoms with Gasteiger partial charge in [0.15, 0.2) is 6.10 Å². The molecule has 1 fully saturated rings. The summed E-state index contributed by atoms with van der Waals surface area (Å²) in [7, 11) is -9.96. The van der Waals surface area contributed by atoms with E-state index < -0.39 is 97.1 Å². The van der Waals surface area contributed by atoms with Crippen molar-refractivity contribution in [1.29, 1.82) is 0 Å². The molecular formula is C68H78O18P2. The molecule has 88 heavy (non-hydrogen) atoms. The molecule has 1 unspecified atom stereocenters. The van der Waals surface area contributed by atoms with Crippen molar-refractivity contribution in [2.45, 2.75) is 129 Å². The van der Waals surface area contributed by atoms with Crippen LogP contribution in [0.15, 0.2) is 212 Å². The second-order valence-electron chi connectivity index (χ2n) is 20.6. The largest absolute Gasteiger partial charge is 0.475 e. The Kier molecular flexibility index (Phi) is 28.2. The van der Waals surface area contributed by atoms with Crippen LogP contribution in [0.3, 0.4) is 0 Å². The fourth-order valence-electron chi connectivity index (χ4n) is 9.25. The Labute approximate surface area is 515 Å². The molecule has 0 aliphatic heterocycles. The summed E-state index contributed by atoms with van der Waals surface area (Å²) in [5.74, 6) is -1.16. The lowest BCUT2D eigenvalue weighted by Crippen LogP contribution is -2.67.